The maximum absolute atomic E-state index is 10.5. The lowest BCUT2D eigenvalue weighted by Crippen LogP contribution is -1.99. The fourth-order valence-electron chi connectivity index (χ4n) is 0.419. The van der Waals surface area contributed by atoms with E-state index in [0.717, 1.165) is 12.7 Å². The normalized spacial score (nSPS) is 13.6. The first-order chi connectivity index (χ1) is 4.48. The first kappa shape index (κ1) is 9.49. The van der Waals surface area contributed by atoms with Gasteiger partial charge >= 0.3 is 0 Å². The molecule has 10 heavy (non-hydrogen) atoms. The highest BCUT2D eigenvalue weighted by molar-refractivity contribution is 7.94. The van der Waals surface area contributed by atoms with Crippen molar-refractivity contribution in [2.75, 3.05) is 6.26 Å². The van der Waals surface area contributed by atoms with Crippen molar-refractivity contribution >= 4 is 9.84 Å². The summed E-state index contributed by atoms with van der Waals surface area (Å²) < 4.78 is 21.0. The predicted octanol–water partition coefficient (Wildman–Crippen LogP) is 1.23. The van der Waals surface area contributed by atoms with Crippen LogP contribution in [0.25, 0.3) is 0 Å². The summed E-state index contributed by atoms with van der Waals surface area (Å²) in [6, 6.07) is 0. The van der Waals surface area contributed by atoms with Gasteiger partial charge in [0.25, 0.3) is 0 Å². The summed E-state index contributed by atoms with van der Waals surface area (Å²) in [6.45, 7) is 1.91. The molecule has 0 rings (SSSR count). The molecule has 60 valence electrons. The monoisotopic (exact) mass is 164 g/mol. The maximum atomic E-state index is 10.5. The van der Waals surface area contributed by atoms with Crippen LogP contribution in [0.15, 0.2) is 11.2 Å². The largest absolute Gasteiger partial charge is 0.499 e. The molecule has 0 amide bonds. The number of rotatable bonds is 3. The fourth-order valence-corrected chi connectivity index (χ4v) is 0.840. The zero-order chi connectivity index (χ0) is 8.20. The van der Waals surface area contributed by atoms with Gasteiger partial charge in [-0.3, -0.25) is 0 Å². The van der Waals surface area contributed by atoms with Crippen molar-refractivity contribution in [1.29, 1.82) is 0 Å². The highest BCUT2D eigenvalue weighted by Gasteiger charge is 2.06. The van der Waals surface area contributed by atoms with E-state index in [1.54, 1.807) is 0 Å². The summed E-state index contributed by atoms with van der Waals surface area (Å²) in [5, 5.41) is 8.27. The second-order valence-electron chi connectivity index (χ2n) is 2.10. The van der Waals surface area contributed by atoms with Crippen LogP contribution in [0.2, 0.25) is 0 Å². The molecule has 0 aliphatic rings. The molecule has 1 N–H and O–H groups in total. The first-order valence-electron chi connectivity index (χ1n) is 3.07. The van der Waals surface area contributed by atoms with E-state index in [4.69, 9.17) is 5.11 Å². The van der Waals surface area contributed by atoms with Crippen LogP contribution in [0.1, 0.15) is 19.8 Å². The zero-order valence-electron chi connectivity index (χ0n) is 6.16. The van der Waals surface area contributed by atoms with E-state index >= 15 is 0 Å². The average Bonchev–Trinajstić information content (AvgIpc) is 1.80. The van der Waals surface area contributed by atoms with Gasteiger partial charge in [-0.05, 0) is 12.5 Å². The summed E-state index contributed by atoms with van der Waals surface area (Å²) in [4.78, 5) is 0. The SMILES string of the molecule is CCCC=C(O)S(C)(=O)=O. The molecule has 0 atom stereocenters. The Labute approximate surface area is 61.3 Å². The van der Waals surface area contributed by atoms with Gasteiger partial charge in [0.15, 0.2) is 0 Å². The van der Waals surface area contributed by atoms with Crippen LogP contribution in [-0.4, -0.2) is 19.8 Å². The summed E-state index contributed by atoms with van der Waals surface area (Å²) in [5.41, 5.74) is 0. The van der Waals surface area contributed by atoms with Crippen LogP contribution in [0.3, 0.4) is 0 Å². The lowest BCUT2D eigenvalue weighted by atomic mass is 10.3. The van der Waals surface area contributed by atoms with E-state index in [0.29, 0.717) is 6.42 Å². The molecule has 0 spiro atoms. The van der Waals surface area contributed by atoms with Crippen molar-refractivity contribution < 1.29 is 13.5 Å². The van der Waals surface area contributed by atoms with E-state index in [9.17, 15) is 8.42 Å². The molecule has 0 unspecified atom stereocenters. The molecule has 0 saturated heterocycles. The lowest BCUT2D eigenvalue weighted by Gasteiger charge is -1.93. The third-order valence-corrected chi connectivity index (χ3v) is 1.91. The minimum atomic E-state index is -3.36. The highest BCUT2D eigenvalue weighted by atomic mass is 32.2. The Bertz CT molecular complexity index is 213. The minimum absolute atomic E-state index is 0.519. The van der Waals surface area contributed by atoms with Gasteiger partial charge in [-0.25, -0.2) is 8.42 Å². The Morgan fingerprint density at radius 3 is 2.40 bits per heavy atom. The Morgan fingerprint density at radius 1 is 1.60 bits per heavy atom. The van der Waals surface area contributed by atoms with Crippen LogP contribution >= 0.6 is 0 Å². The third-order valence-electron chi connectivity index (χ3n) is 0.988. The Balaban J connectivity index is 4.22. The van der Waals surface area contributed by atoms with Crippen LogP contribution in [0, 0.1) is 0 Å². The van der Waals surface area contributed by atoms with Crippen LogP contribution in [0.5, 0.6) is 0 Å². The standard InChI is InChI=1S/C6H12O3S/c1-3-4-5-6(7)10(2,8)9/h5,7H,3-4H2,1-2H3. The second kappa shape index (κ2) is 3.61. The maximum Gasteiger partial charge on any atom is 0.207 e. The molecule has 0 bridgehead atoms. The van der Waals surface area contributed by atoms with Crippen LogP contribution in [-0.2, 0) is 9.84 Å². The topological polar surface area (TPSA) is 54.4 Å². The number of hydrogen-bond donors (Lipinski definition) is 1. The minimum Gasteiger partial charge on any atom is -0.499 e. The molecule has 0 heterocycles. The van der Waals surface area contributed by atoms with Crippen molar-refractivity contribution in [2.24, 2.45) is 0 Å². The fraction of sp³-hybridized carbons (Fsp3) is 0.667. The summed E-state index contributed by atoms with van der Waals surface area (Å²) in [6.07, 6.45) is 3.72. The Hall–Kier alpha value is -0.510. The Morgan fingerprint density at radius 2 is 2.10 bits per heavy atom. The van der Waals surface area contributed by atoms with Gasteiger partial charge < -0.3 is 5.11 Å². The lowest BCUT2D eigenvalue weighted by molar-refractivity contribution is 0.437. The van der Waals surface area contributed by atoms with Gasteiger partial charge in [0.05, 0.1) is 0 Å². The van der Waals surface area contributed by atoms with Gasteiger partial charge in [0.2, 0.25) is 14.9 Å². The van der Waals surface area contributed by atoms with Crippen LogP contribution in [0.4, 0.5) is 0 Å². The number of allylic oxidation sites excluding steroid dienone is 1. The van der Waals surface area contributed by atoms with Crippen molar-refractivity contribution in [3.05, 3.63) is 11.2 Å². The zero-order valence-corrected chi connectivity index (χ0v) is 6.98. The molecular weight excluding hydrogens is 152 g/mol. The number of aliphatic hydroxyl groups excluding tert-OH is 1. The molecule has 0 saturated carbocycles. The van der Waals surface area contributed by atoms with Gasteiger partial charge in [-0.2, -0.15) is 0 Å². The third kappa shape index (κ3) is 3.50. The van der Waals surface area contributed by atoms with Crippen molar-refractivity contribution in [2.45, 2.75) is 19.8 Å². The smallest absolute Gasteiger partial charge is 0.207 e. The van der Waals surface area contributed by atoms with Gasteiger partial charge in [-0.15, -0.1) is 0 Å². The highest BCUT2D eigenvalue weighted by Crippen LogP contribution is 2.01. The van der Waals surface area contributed by atoms with Gasteiger partial charge in [0.1, 0.15) is 0 Å². The Kier molecular flexibility index (Phi) is 3.42. The number of aliphatic hydroxyl groups is 1. The van der Waals surface area contributed by atoms with Crippen molar-refractivity contribution in [3.63, 3.8) is 0 Å². The molecule has 0 radical (unpaired) electrons. The number of sulfone groups is 1. The summed E-state index contributed by atoms with van der Waals surface area (Å²) in [7, 11) is -3.36. The molecular formula is C6H12O3S. The van der Waals surface area contributed by atoms with E-state index in [1.165, 1.54) is 6.08 Å². The summed E-state index contributed by atoms with van der Waals surface area (Å²) in [5.74, 6) is 0. The van der Waals surface area contributed by atoms with Gasteiger partial charge in [-0.1, -0.05) is 13.3 Å². The number of unbranched alkanes of at least 4 members (excludes halogenated alkanes) is 1. The molecule has 0 aromatic rings. The molecule has 0 fully saturated rings. The van der Waals surface area contributed by atoms with Crippen molar-refractivity contribution in [3.8, 4) is 0 Å². The molecule has 0 aliphatic carbocycles. The van der Waals surface area contributed by atoms with Gasteiger partial charge in [0, 0.05) is 6.26 Å². The molecule has 3 nitrogen and oxygen atoms in total. The van der Waals surface area contributed by atoms with Crippen molar-refractivity contribution in [1.82, 2.24) is 0 Å². The first-order valence-corrected chi connectivity index (χ1v) is 4.96. The molecule has 4 heteroatoms. The molecule has 0 aliphatic heterocycles. The number of hydrogen-bond acceptors (Lipinski definition) is 3. The molecule has 0 aromatic carbocycles. The quantitative estimate of drug-likeness (QED) is 0.638. The average molecular weight is 164 g/mol. The summed E-state index contributed by atoms with van der Waals surface area (Å²) >= 11 is 0. The second-order valence-corrected chi connectivity index (χ2v) is 4.07. The predicted molar refractivity (Wildman–Crippen MR) is 40.5 cm³/mol. The van der Waals surface area contributed by atoms with E-state index in [2.05, 4.69) is 0 Å². The van der Waals surface area contributed by atoms with Crippen LogP contribution < -0.4 is 0 Å². The van der Waals surface area contributed by atoms with E-state index in [-0.39, 0.29) is 0 Å². The molecule has 0 aromatic heterocycles. The van der Waals surface area contributed by atoms with E-state index < -0.39 is 14.9 Å². The van der Waals surface area contributed by atoms with E-state index in [1.807, 2.05) is 6.92 Å².